The number of nitrogens with zero attached hydrogens (tertiary/aromatic N) is 2. The predicted octanol–water partition coefficient (Wildman–Crippen LogP) is 2.75. The number of nitro benzene ring substituents is 1. The van der Waals surface area contributed by atoms with Gasteiger partial charge in [-0.3, -0.25) is 10.1 Å². The van der Waals surface area contributed by atoms with Crippen molar-refractivity contribution >= 4 is 21.7 Å². The molecule has 30 heavy (non-hydrogen) atoms. The first kappa shape index (κ1) is 21.9. The quantitative estimate of drug-likeness (QED) is 0.390. The highest BCUT2D eigenvalue weighted by atomic mass is 32.2. The van der Waals surface area contributed by atoms with Gasteiger partial charge in [0.1, 0.15) is 6.61 Å². The van der Waals surface area contributed by atoms with Crippen LogP contribution in [0, 0.1) is 10.1 Å². The first-order chi connectivity index (χ1) is 14.2. The van der Waals surface area contributed by atoms with Crippen LogP contribution in [0.1, 0.15) is 29.8 Å². The summed E-state index contributed by atoms with van der Waals surface area (Å²) in [6, 6.07) is 11.2. The number of carbonyl (C=O) groups excluding carboxylic acids is 1. The molecule has 2 atom stereocenters. The Bertz CT molecular complexity index is 1010. The maximum absolute atomic E-state index is 12.9. The summed E-state index contributed by atoms with van der Waals surface area (Å²) in [5.74, 6) is -0.620. The number of non-ortho nitro benzene ring substituents is 1. The van der Waals surface area contributed by atoms with E-state index < -0.39 is 20.9 Å². The van der Waals surface area contributed by atoms with Crippen LogP contribution in [0.4, 0.5) is 5.69 Å². The summed E-state index contributed by atoms with van der Waals surface area (Å²) in [6.07, 6.45) is -0.394. The summed E-state index contributed by atoms with van der Waals surface area (Å²) < 4.78 is 37.9. The van der Waals surface area contributed by atoms with Gasteiger partial charge in [-0.25, -0.2) is 13.2 Å². The molecule has 1 saturated heterocycles. The summed E-state index contributed by atoms with van der Waals surface area (Å²) in [7, 11) is -3.69. The molecular formula is C20H22N2O7S. The van der Waals surface area contributed by atoms with E-state index in [1.165, 1.54) is 52.8 Å². The second kappa shape index (κ2) is 8.90. The zero-order chi connectivity index (χ0) is 21.9. The van der Waals surface area contributed by atoms with Gasteiger partial charge in [-0.05, 0) is 55.8 Å². The molecule has 0 aliphatic carbocycles. The van der Waals surface area contributed by atoms with Gasteiger partial charge in [0.2, 0.25) is 10.0 Å². The van der Waals surface area contributed by atoms with Crippen molar-refractivity contribution in [1.82, 2.24) is 4.31 Å². The highest BCUT2D eigenvalue weighted by Gasteiger charge is 2.32. The summed E-state index contributed by atoms with van der Waals surface area (Å²) in [6.45, 7) is 4.13. The van der Waals surface area contributed by atoms with E-state index in [2.05, 4.69) is 0 Å². The van der Waals surface area contributed by atoms with Crippen molar-refractivity contribution in [3.8, 4) is 0 Å². The van der Waals surface area contributed by atoms with Crippen LogP contribution in [0.2, 0.25) is 0 Å². The van der Waals surface area contributed by atoms with E-state index in [1.54, 1.807) is 0 Å². The molecule has 2 aromatic carbocycles. The Morgan fingerprint density at radius 1 is 1.10 bits per heavy atom. The summed E-state index contributed by atoms with van der Waals surface area (Å²) >= 11 is 0. The van der Waals surface area contributed by atoms with Crippen LogP contribution in [0.3, 0.4) is 0 Å². The largest absolute Gasteiger partial charge is 0.457 e. The van der Waals surface area contributed by atoms with Gasteiger partial charge >= 0.3 is 5.97 Å². The maximum Gasteiger partial charge on any atom is 0.338 e. The lowest BCUT2D eigenvalue weighted by Gasteiger charge is -2.34. The fraction of sp³-hybridized carbons (Fsp3) is 0.350. The van der Waals surface area contributed by atoms with E-state index in [1.807, 2.05) is 13.8 Å². The average Bonchev–Trinajstić information content (AvgIpc) is 2.71. The third-order valence-corrected chi connectivity index (χ3v) is 6.48. The van der Waals surface area contributed by atoms with E-state index in [9.17, 15) is 23.3 Å². The molecule has 1 aliphatic heterocycles. The molecule has 1 heterocycles. The van der Waals surface area contributed by atoms with Gasteiger partial charge in [-0.15, -0.1) is 0 Å². The second-order valence-corrected chi connectivity index (χ2v) is 9.04. The molecule has 0 bridgehead atoms. The molecule has 0 amide bonds. The van der Waals surface area contributed by atoms with E-state index in [0.717, 1.165) is 0 Å². The van der Waals surface area contributed by atoms with Crippen molar-refractivity contribution in [2.24, 2.45) is 0 Å². The van der Waals surface area contributed by atoms with Gasteiger partial charge in [0, 0.05) is 25.2 Å². The Balaban J connectivity index is 1.64. The van der Waals surface area contributed by atoms with Crippen LogP contribution in [0.25, 0.3) is 0 Å². The molecule has 1 aliphatic rings. The van der Waals surface area contributed by atoms with Crippen LogP contribution in [0.5, 0.6) is 0 Å². The van der Waals surface area contributed by atoms with E-state index in [0.29, 0.717) is 5.56 Å². The van der Waals surface area contributed by atoms with Gasteiger partial charge in [-0.1, -0.05) is 0 Å². The minimum Gasteiger partial charge on any atom is -0.457 e. The van der Waals surface area contributed by atoms with Crippen LogP contribution in [-0.2, 0) is 26.1 Å². The lowest BCUT2D eigenvalue weighted by molar-refractivity contribution is -0.384. The molecule has 10 heteroatoms. The molecule has 0 saturated carbocycles. The lowest BCUT2D eigenvalue weighted by Crippen LogP contribution is -2.48. The predicted molar refractivity (Wildman–Crippen MR) is 107 cm³/mol. The maximum atomic E-state index is 12.9. The highest BCUT2D eigenvalue weighted by molar-refractivity contribution is 7.89. The first-order valence-corrected chi connectivity index (χ1v) is 10.8. The second-order valence-electron chi connectivity index (χ2n) is 7.10. The highest BCUT2D eigenvalue weighted by Crippen LogP contribution is 2.22. The number of esters is 1. The number of ether oxygens (including phenoxy) is 2. The average molecular weight is 434 g/mol. The first-order valence-electron chi connectivity index (χ1n) is 9.33. The van der Waals surface area contributed by atoms with Gasteiger partial charge < -0.3 is 9.47 Å². The van der Waals surface area contributed by atoms with Crippen LogP contribution >= 0.6 is 0 Å². The molecule has 1 fully saturated rings. The number of sulfonamides is 1. The minimum atomic E-state index is -3.69. The molecule has 0 aromatic heterocycles. The van der Waals surface area contributed by atoms with Crippen LogP contribution < -0.4 is 0 Å². The van der Waals surface area contributed by atoms with Gasteiger partial charge in [0.05, 0.1) is 27.6 Å². The molecular weight excluding hydrogens is 412 g/mol. The van der Waals surface area contributed by atoms with Gasteiger partial charge in [-0.2, -0.15) is 4.31 Å². The van der Waals surface area contributed by atoms with E-state index in [-0.39, 0.29) is 48.1 Å². The molecule has 0 N–H and O–H groups in total. The molecule has 0 spiro atoms. The molecule has 0 radical (unpaired) electrons. The Morgan fingerprint density at radius 2 is 1.67 bits per heavy atom. The number of hydrogen-bond donors (Lipinski definition) is 0. The topological polar surface area (TPSA) is 116 Å². The number of carbonyl (C=O) groups is 1. The normalized spacial score (nSPS) is 19.9. The summed E-state index contributed by atoms with van der Waals surface area (Å²) in [5.41, 5.74) is 0.759. The van der Waals surface area contributed by atoms with Crippen molar-refractivity contribution in [2.45, 2.75) is 37.6 Å². The molecule has 160 valence electrons. The zero-order valence-corrected chi connectivity index (χ0v) is 17.4. The number of morpholine rings is 1. The van der Waals surface area contributed by atoms with E-state index in [4.69, 9.17) is 9.47 Å². The fourth-order valence-electron chi connectivity index (χ4n) is 3.19. The molecule has 0 unspecified atom stereocenters. The van der Waals surface area contributed by atoms with Crippen molar-refractivity contribution in [1.29, 1.82) is 0 Å². The van der Waals surface area contributed by atoms with Crippen molar-refractivity contribution in [3.63, 3.8) is 0 Å². The lowest BCUT2D eigenvalue weighted by atomic mass is 10.2. The smallest absolute Gasteiger partial charge is 0.338 e. The Labute approximate surface area is 174 Å². The monoisotopic (exact) mass is 434 g/mol. The summed E-state index contributed by atoms with van der Waals surface area (Å²) in [5, 5.41) is 10.7. The third kappa shape index (κ3) is 5.02. The van der Waals surface area contributed by atoms with Gasteiger partial charge in [0.15, 0.2) is 0 Å². The number of benzene rings is 2. The molecule has 2 aromatic rings. The Hall–Kier alpha value is -2.82. The molecule has 9 nitrogen and oxygen atoms in total. The van der Waals surface area contributed by atoms with E-state index >= 15 is 0 Å². The number of rotatable bonds is 6. The standard InChI is InChI=1S/C20H22N2O7S/c1-14-11-21(12-15(2)29-14)30(26,27)19-9-5-17(6-10-19)20(23)28-13-16-3-7-18(8-4-16)22(24)25/h3-10,14-15H,11-13H2,1-2H3/t14-,15+. The van der Waals surface area contributed by atoms with Crippen molar-refractivity contribution in [3.05, 3.63) is 69.8 Å². The number of nitro groups is 1. The number of hydrogen-bond acceptors (Lipinski definition) is 7. The van der Waals surface area contributed by atoms with Crippen LogP contribution in [0.15, 0.2) is 53.4 Å². The zero-order valence-electron chi connectivity index (χ0n) is 16.6. The fourth-order valence-corrected chi connectivity index (χ4v) is 4.78. The Morgan fingerprint density at radius 3 is 2.20 bits per heavy atom. The van der Waals surface area contributed by atoms with Gasteiger partial charge in [0.25, 0.3) is 5.69 Å². The van der Waals surface area contributed by atoms with Crippen molar-refractivity contribution < 1.29 is 27.6 Å². The Kier molecular flexibility index (Phi) is 6.49. The van der Waals surface area contributed by atoms with Crippen molar-refractivity contribution in [2.75, 3.05) is 13.1 Å². The third-order valence-electron chi connectivity index (χ3n) is 4.63. The minimum absolute atomic E-state index is 0.0501. The van der Waals surface area contributed by atoms with Crippen LogP contribution in [-0.4, -0.2) is 48.9 Å². The molecule has 3 rings (SSSR count). The summed E-state index contributed by atoms with van der Waals surface area (Å²) in [4.78, 5) is 22.5. The SMILES string of the molecule is C[C@@H]1CN(S(=O)(=O)c2ccc(C(=O)OCc3ccc([N+](=O)[O-])cc3)cc2)C[C@H](C)O1.